The number of nitrogens with two attached hydrogens (primary N) is 1. The molecule has 1 heterocycles. The summed E-state index contributed by atoms with van der Waals surface area (Å²) < 4.78 is 8.30. The number of likely N-dealkylation sites (N-methyl/N-ethyl adjacent to an activating group) is 3. The molecule has 0 bridgehead atoms. The zero-order valence-electron chi connectivity index (χ0n) is 44.9. The Morgan fingerprint density at radius 2 is 1.26 bits per heavy atom. The van der Waals surface area contributed by atoms with Crippen molar-refractivity contribution >= 4 is 68.1 Å². The first-order valence-corrected chi connectivity index (χ1v) is 26.1. The van der Waals surface area contributed by atoms with Gasteiger partial charge in [0.05, 0.1) is 24.2 Å². The van der Waals surface area contributed by atoms with E-state index in [4.69, 9.17) is 15.7 Å². The van der Waals surface area contributed by atoms with E-state index in [9.17, 15) is 29.1 Å². The Kier molecular flexibility index (Phi) is 23.3. The summed E-state index contributed by atoms with van der Waals surface area (Å²) in [4.78, 5) is 102. The number of carboxylic acid groups (broad SMARTS) is 1. The number of aliphatic carboxylic acids is 1. The number of nitriles is 1. The van der Waals surface area contributed by atoms with Crippen molar-refractivity contribution in [2.75, 3.05) is 21.1 Å². The number of rotatable bonds is 28. The lowest BCUT2D eigenvalue weighted by atomic mass is 9.85. The molecular formula is C56H81BrN6O9. The Hall–Kier alpha value is -5.40. The third kappa shape index (κ3) is 18.0. The van der Waals surface area contributed by atoms with Crippen LogP contribution in [0.15, 0.2) is 59.2 Å². The number of esters is 1. The number of ether oxygens (including phenoxy) is 1. The topological polar surface area (TPSA) is 213 Å². The van der Waals surface area contributed by atoms with Crippen LogP contribution in [0.2, 0.25) is 0 Å². The summed E-state index contributed by atoms with van der Waals surface area (Å²) in [5.41, 5.74) is 8.96. The van der Waals surface area contributed by atoms with Crippen LogP contribution in [0.1, 0.15) is 132 Å². The van der Waals surface area contributed by atoms with E-state index in [1.165, 1.54) is 23.8 Å². The quantitative estimate of drug-likeness (QED) is 0.0656. The number of hydrogen-bond donors (Lipinski definition) is 2. The highest BCUT2D eigenvalue weighted by molar-refractivity contribution is 9.10. The number of nitrogens with zero attached hydrogens (tertiary/aromatic N) is 5. The molecule has 0 aliphatic heterocycles. The predicted octanol–water partition coefficient (Wildman–Crippen LogP) is 8.85. The minimum Gasteiger partial charge on any atom is -0.479 e. The smallest absolute Gasteiger partial charge is 0.345 e. The average Bonchev–Trinajstić information content (AvgIpc) is 3.64. The molecule has 16 heteroatoms. The standard InChI is InChI=1S/C56H81BrN6O9/c1-34(2)25-39(51(66)60(11)37(7)55(71)72-50(54(69)70)19-16-24-58)29-49(65)47(28-41-33-63(45-18-15-14-17-43(41)45)32-38-20-22-42(57)23-21-38)61(12)52(67)40(26-35(3)4)30-48(64)46(27-36(5)6)62(13)53(68)44(59)31-56(8,9)10/h14-15,17-18,20-23,33-37,39-40,44,46-47,50H,16,19,25-32,59H2,1-13H3,(H,69,70)/t37-,39+,40+,44-,46-,47-,50+/m0/s1. The van der Waals surface area contributed by atoms with Gasteiger partial charge in [-0.15, -0.1) is 0 Å². The summed E-state index contributed by atoms with van der Waals surface area (Å²) in [5, 5.41) is 19.5. The van der Waals surface area contributed by atoms with Crippen molar-refractivity contribution < 1.29 is 43.4 Å². The van der Waals surface area contributed by atoms with Gasteiger partial charge in [-0.3, -0.25) is 24.0 Å². The number of Topliss-reactive ketones (excluding diaryl/α,β-unsaturated/α-hetero) is 2. The van der Waals surface area contributed by atoms with Crippen LogP contribution < -0.4 is 5.73 Å². The van der Waals surface area contributed by atoms with E-state index in [-0.39, 0.29) is 73.4 Å². The van der Waals surface area contributed by atoms with Gasteiger partial charge in [0.1, 0.15) is 6.04 Å². The van der Waals surface area contributed by atoms with Crippen molar-refractivity contribution in [3.8, 4) is 6.07 Å². The second-order valence-corrected chi connectivity index (χ2v) is 23.1. The fraction of sp³-hybridized carbons (Fsp3) is 0.607. The van der Waals surface area contributed by atoms with E-state index < -0.39 is 71.6 Å². The van der Waals surface area contributed by atoms with Crippen LogP contribution >= 0.6 is 15.9 Å². The molecule has 2 aromatic carbocycles. The van der Waals surface area contributed by atoms with E-state index >= 15 is 9.59 Å². The molecular weight excluding hydrogens is 981 g/mol. The van der Waals surface area contributed by atoms with Crippen molar-refractivity contribution in [1.29, 1.82) is 5.26 Å². The van der Waals surface area contributed by atoms with Gasteiger partial charge in [-0.2, -0.15) is 5.26 Å². The predicted molar refractivity (Wildman–Crippen MR) is 283 cm³/mol. The Morgan fingerprint density at radius 3 is 1.78 bits per heavy atom. The average molecular weight is 1060 g/mol. The van der Waals surface area contributed by atoms with Gasteiger partial charge in [0.15, 0.2) is 17.7 Å². The van der Waals surface area contributed by atoms with Gasteiger partial charge in [-0.25, -0.2) is 9.59 Å². The molecule has 0 unspecified atom stereocenters. The number of fused-ring (bicyclic) bond motifs is 1. The van der Waals surface area contributed by atoms with Crippen molar-refractivity contribution in [3.63, 3.8) is 0 Å². The van der Waals surface area contributed by atoms with Crippen LogP contribution in [0.25, 0.3) is 10.9 Å². The molecule has 3 rings (SSSR count). The number of carbonyl (C=O) groups excluding carboxylic acids is 6. The van der Waals surface area contributed by atoms with Crippen LogP contribution in [0.4, 0.5) is 0 Å². The highest BCUT2D eigenvalue weighted by atomic mass is 79.9. The molecule has 0 aliphatic rings. The maximum atomic E-state index is 15.2. The molecule has 0 radical (unpaired) electrons. The number of ketones is 2. The second kappa shape index (κ2) is 27.6. The highest BCUT2D eigenvalue weighted by Gasteiger charge is 2.40. The van der Waals surface area contributed by atoms with Gasteiger partial charge in [0, 0.05) is 93.2 Å². The Morgan fingerprint density at radius 1 is 0.750 bits per heavy atom. The van der Waals surface area contributed by atoms with Crippen molar-refractivity contribution in [3.05, 3.63) is 70.3 Å². The molecule has 0 aliphatic carbocycles. The molecule has 0 saturated heterocycles. The molecule has 3 aromatic rings. The first kappa shape index (κ1) is 60.9. The van der Waals surface area contributed by atoms with Crippen molar-refractivity contribution in [1.82, 2.24) is 19.3 Å². The zero-order valence-corrected chi connectivity index (χ0v) is 46.5. The van der Waals surface area contributed by atoms with Crippen molar-refractivity contribution in [2.45, 2.75) is 164 Å². The van der Waals surface area contributed by atoms with Gasteiger partial charge in [-0.1, -0.05) is 109 Å². The first-order valence-electron chi connectivity index (χ1n) is 25.3. The summed E-state index contributed by atoms with van der Waals surface area (Å²) in [7, 11) is 4.57. The fourth-order valence-corrected chi connectivity index (χ4v) is 9.64. The largest absolute Gasteiger partial charge is 0.479 e. The van der Waals surface area contributed by atoms with Gasteiger partial charge in [0.2, 0.25) is 17.7 Å². The molecule has 3 amide bonds. The number of carboxylic acids is 1. The number of amides is 3. The Bertz CT molecular complexity index is 2380. The van der Waals surface area contributed by atoms with Crippen LogP contribution in [0.3, 0.4) is 0 Å². The molecule has 15 nitrogen and oxygen atoms in total. The van der Waals surface area contributed by atoms with E-state index in [0.29, 0.717) is 25.8 Å². The number of aromatic nitrogens is 1. The lowest BCUT2D eigenvalue weighted by Gasteiger charge is -2.35. The summed E-state index contributed by atoms with van der Waals surface area (Å²) in [6.45, 7) is 19.6. The summed E-state index contributed by atoms with van der Waals surface area (Å²) >= 11 is 3.52. The van der Waals surface area contributed by atoms with Crippen LogP contribution in [0, 0.1) is 46.3 Å². The Balaban J connectivity index is 2.13. The second-order valence-electron chi connectivity index (χ2n) is 22.1. The van der Waals surface area contributed by atoms with Crippen LogP contribution in [0.5, 0.6) is 0 Å². The van der Waals surface area contributed by atoms with Crippen LogP contribution in [-0.4, -0.2) is 117 Å². The Labute approximate surface area is 436 Å². The lowest BCUT2D eigenvalue weighted by Crippen LogP contribution is -2.52. The minimum absolute atomic E-state index is 0.0246. The third-order valence-electron chi connectivity index (χ3n) is 13.2. The van der Waals surface area contributed by atoms with Gasteiger partial charge < -0.3 is 34.8 Å². The monoisotopic (exact) mass is 1060 g/mol. The maximum Gasteiger partial charge on any atom is 0.345 e. The lowest BCUT2D eigenvalue weighted by molar-refractivity contribution is -0.169. The first-order chi connectivity index (χ1) is 33.6. The number of hydrogen-bond acceptors (Lipinski definition) is 10. The highest BCUT2D eigenvalue weighted by Crippen LogP contribution is 2.30. The number of para-hydroxylation sites is 1. The number of carbonyl (C=O) groups is 7. The molecule has 72 heavy (non-hydrogen) atoms. The maximum absolute atomic E-state index is 15.2. The summed E-state index contributed by atoms with van der Waals surface area (Å²) in [6.07, 6.45) is 0.991. The number of benzene rings is 2. The number of halogens is 1. The molecule has 1 aromatic heterocycles. The summed E-state index contributed by atoms with van der Waals surface area (Å²) in [5.74, 6) is -6.23. The fourth-order valence-electron chi connectivity index (χ4n) is 9.38. The molecule has 3 N–H and O–H groups in total. The van der Waals surface area contributed by atoms with Gasteiger partial charge in [0.25, 0.3) is 0 Å². The van der Waals surface area contributed by atoms with E-state index in [0.717, 1.165) is 31.4 Å². The third-order valence-corrected chi connectivity index (χ3v) is 13.7. The summed E-state index contributed by atoms with van der Waals surface area (Å²) in [6, 6.07) is 13.7. The van der Waals surface area contributed by atoms with E-state index in [1.807, 2.05) is 123 Å². The molecule has 0 saturated carbocycles. The molecule has 0 fully saturated rings. The van der Waals surface area contributed by atoms with Crippen LogP contribution in [-0.2, 0) is 51.3 Å². The normalized spacial score (nSPS) is 14.7. The van der Waals surface area contributed by atoms with E-state index in [1.54, 1.807) is 14.1 Å². The SMILES string of the molecule is CC(C)C[C@H](CC(=O)[C@H](Cc1cn(Cc2ccc(Br)cc2)c2ccccc12)N(C)C(=O)[C@@H](CC(=O)[C@H](CC(C)C)N(C)C(=O)[C@@H](N)CC(C)(C)C)CC(C)C)C(=O)N(C)[C@@H](C)C(=O)O[C@H](CCC#N)C(=O)O. The molecule has 7 atom stereocenters. The van der Waals surface area contributed by atoms with Gasteiger partial charge in [-0.05, 0) is 85.1 Å². The zero-order chi connectivity index (χ0) is 54.4. The molecule has 0 spiro atoms. The minimum atomic E-state index is -1.58. The van der Waals surface area contributed by atoms with Gasteiger partial charge >= 0.3 is 11.9 Å². The van der Waals surface area contributed by atoms with E-state index in [2.05, 4.69) is 20.5 Å². The van der Waals surface area contributed by atoms with Crippen molar-refractivity contribution in [2.24, 2.45) is 40.7 Å². The molecule has 396 valence electrons.